The van der Waals surface area contributed by atoms with Crippen LogP contribution in [-0.4, -0.2) is 26.2 Å². The monoisotopic (exact) mass is 289 g/mol. The van der Waals surface area contributed by atoms with Crippen molar-refractivity contribution >= 4 is 11.6 Å². The van der Waals surface area contributed by atoms with Gasteiger partial charge in [-0.25, -0.2) is 4.39 Å². The lowest BCUT2D eigenvalue weighted by Crippen LogP contribution is -2.11. The molecule has 0 aromatic heterocycles. The topological polar surface area (TPSA) is 47.6 Å². The number of nitrogens with one attached hydrogen (secondary N) is 1. The number of ether oxygens (including phenoxy) is 2. The summed E-state index contributed by atoms with van der Waals surface area (Å²) in [5.41, 5.74) is 1.04. The molecule has 2 aromatic rings. The van der Waals surface area contributed by atoms with Crippen molar-refractivity contribution < 1.29 is 18.7 Å². The minimum absolute atomic E-state index is 0.259. The van der Waals surface area contributed by atoms with E-state index in [0.717, 1.165) is 0 Å². The zero-order valence-electron chi connectivity index (χ0n) is 11.6. The molecule has 21 heavy (non-hydrogen) atoms. The first-order valence-electron chi connectivity index (χ1n) is 6.48. The molecule has 0 aliphatic heterocycles. The zero-order valence-corrected chi connectivity index (χ0v) is 11.6. The summed E-state index contributed by atoms with van der Waals surface area (Å²) in [6.07, 6.45) is 0. The lowest BCUT2D eigenvalue weighted by molar-refractivity contribution is 0.102. The maximum atomic E-state index is 12.8. The largest absolute Gasteiger partial charge is 0.491 e. The van der Waals surface area contributed by atoms with Crippen LogP contribution in [0.15, 0.2) is 48.5 Å². The molecule has 5 heteroatoms. The molecule has 0 aliphatic carbocycles. The molecule has 4 nitrogen and oxygen atoms in total. The van der Waals surface area contributed by atoms with E-state index >= 15 is 0 Å². The van der Waals surface area contributed by atoms with Gasteiger partial charge in [-0.15, -0.1) is 0 Å². The Morgan fingerprint density at radius 3 is 2.33 bits per heavy atom. The fourth-order valence-electron chi connectivity index (χ4n) is 1.68. The molecule has 0 bridgehead atoms. The summed E-state index contributed by atoms with van der Waals surface area (Å²) in [6, 6.07) is 12.4. The number of hydrogen-bond acceptors (Lipinski definition) is 3. The number of benzene rings is 2. The summed E-state index contributed by atoms with van der Waals surface area (Å²) in [6.45, 7) is 0.963. The fourth-order valence-corrected chi connectivity index (χ4v) is 1.68. The van der Waals surface area contributed by atoms with Crippen molar-refractivity contribution in [3.63, 3.8) is 0 Å². The first kappa shape index (κ1) is 15.0. The highest BCUT2D eigenvalue weighted by atomic mass is 19.1. The molecule has 0 unspecified atom stereocenters. The van der Waals surface area contributed by atoms with E-state index in [1.54, 1.807) is 31.4 Å². The van der Waals surface area contributed by atoms with Gasteiger partial charge in [-0.2, -0.15) is 0 Å². The molecule has 0 saturated carbocycles. The average molecular weight is 289 g/mol. The molecule has 0 aliphatic rings. The molecule has 0 fully saturated rings. The van der Waals surface area contributed by atoms with E-state index in [1.807, 2.05) is 0 Å². The Balaban J connectivity index is 1.94. The molecule has 0 radical (unpaired) electrons. The summed E-state index contributed by atoms with van der Waals surface area (Å²) < 4.78 is 23.1. The van der Waals surface area contributed by atoms with Crippen LogP contribution in [-0.2, 0) is 4.74 Å². The zero-order chi connectivity index (χ0) is 15.1. The van der Waals surface area contributed by atoms with E-state index in [1.165, 1.54) is 24.3 Å². The van der Waals surface area contributed by atoms with Gasteiger partial charge in [0, 0.05) is 18.4 Å². The summed E-state index contributed by atoms with van der Waals surface area (Å²) in [5.74, 6) is 0.0704. The van der Waals surface area contributed by atoms with Gasteiger partial charge in [0.1, 0.15) is 18.2 Å². The molecule has 1 amide bonds. The number of carbonyl (C=O) groups is 1. The van der Waals surface area contributed by atoms with Crippen molar-refractivity contribution in [2.75, 3.05) is 25.6 Å². The summed E-state index contributed by atoms with van der Waals surface area (Å²) in [5, 5.41) is 2.69. The molecule has 110 valence electrons. The highest BCUT2D eigenvalue weighted by molar-refractivity contribution is 6.04. The second kappa shape index (κ2) is 7.40. The Labute approximate surface area is 122 Å². The van der Waals surface area contributed by atoms with E-state index in [4.69, 9.17) is 9.47 Å². The maximum Gasteiger partial charge on any atom is 0.255 e. The van der Waals surface area contributed by atoms with E-state index in [2.05, 4.69) is 5.32 Å². The van der Waals surface area contributed by atoms with Crippen LogP contribution in [0.4, 0.5) is 10.1 Å². The molecule has 0 heterocycles. The standard InChI is InChI=1S/C16H16FNO3/c1-20-10-11-21-15-8-2-12(3-9-15)16(19)18-14-6-4-13(17)5-7-14/h2-9H,10-11H2,1H3,(H,18,19). The van der Waals surface area contributed by atoms with Crippen LogP contribution in [0.3, 0.4) is 0 Å². The molecular formula is C16H16FNO3. The van der Waals surface area contributed by atoms with Gasteiger partial charge in [0.25, 0.3) is 5.91 Å². The quantitative estimate of drug-likeness (QED) is 0.831. The third-order valence-electron chi connectivity index (χ3n) is 2.77. The summed E-state index contributed by atoms with van der Waals surface area (Å²) in [4.78, 5) is 12.0. The fraction of sp³-hybridized carbons (Fsp3) is 0.188. The molecule has 0 spiro atoms. The Hall–Kier alpha value is -2.40. The van der Waals surface area contributed by atoms with E-state index in [0.29, 0.717) is 30.2 Å². The lowest BCUT2D eigenvalue weighted by Gasteiger charge is -2.07. The van der Waals surface area contributed by atoms with Gasteiger partial charge in [0.15, 0.2) is 0 Å². The Morgan fingerprint density at radius 2 is 1.71 bits per heavy atom. The predicted octanol–water partition coefficient (Wildman–Crippen LogP) is 3.10. The normalized spacial score (nSPS) is 10.2. The third-order valence-corrected chi connectivity index (χ3v) is 2.77. The van der Waals surface area contributed by atoms with E-state index in [9.17, 15) is 9.18 Å². The van der Waals surface area contributed by atoms with Crippen molar-refractivity contribution in [2.45, 2.75) is 0 Å². The van der Waals surface area contributed by atoms with Crippen LogP contribution in [0.1, 0.15) is 10.4 Å². The van der Waals surface area contributed by atoms with Crippen LogP contribution >= 0.6 is 0 Å². The van der Waals surface area contributed by atoms with Crippen molar-refractivity contribution in [1.82, 2.24) is 0 Å². The first-order chi connectivity index (χ1) is 10.2. The summed E-state index contributed by atoms with van der Waals surface area (Å²) in [7, 11) is 1.60. The molecule has 1 N–H and O–H groups in total. The number of methoxy groups -OCH3 is 1. The van der Waals surface area contributed by atoms with Crippen LogP contribution in [0.25, 0.3) is 0 Å². The second-order valence-corrected chi connectivity index (χ2v) is 4.33. The second-order valence-electron chi connectivity index (χ2n) is 4.33. The van der Waals surface area contributed by atoms with Crippen LogP contribution in [0, 0.1) is 5.82 Å². The van der Waals surface area contributed by atoms with Gasteiger partial charge in [0.2, 0.25) is 0 Å². The average Bonchev–Trinajstić information content (AvgIpc) is 2.50. The van der Waals surface area contributed by atoms with Crippen LogP contribution in [0.2, 0.25) is 0 Å². The van der Waals surface area contributed by atoms with Gasteiger partial charge in [0.05, 0.1) is 6.61 Å². The Kier molecular flexibility index (Phi) is 5.29. The van der Waals surface area contributed by atoms with Gasteiger partial charge >= 0.3 is 0 Å². The lowest BCUT2D eigenvalue weighted by atomic mass is 10.2. The van der Waals surface area contributed by atoms with Crippen molar-refractivity contribution in [1.29, 1.82) is 0 Å². The minimum Gasteiger partial charge on any atom is -0.491 e. The smallest absolute Gasteiger partial charge is 0.255 e. The van der Waals surface area contributed by atoms with Gasteiger partial charge in [-0.1, -0.05) is 0 Å². The number of carbonyl (C=O) groups excluding carboxylic acids is 1. The number of anilines is 1. The van der Waals surface area contributed by atoms with Crippen molar-refractivity contribution in [3.8, 4) is 5.75 Å². The van der Waals surface area contributed by atoms with Gasteiger partial charge in [-0.05, 0) is 48.5 Å². The summed E-state index contributed by atoms with van der Waals surface area (Å²) >= 11 is 0. The predicted molar refractivity (Wildman–Crippen MR) is 78.2 cm³/mol. The van der Waals surface area contributed by atoms with Gasteiger partial charge in [-0.3, -0.25) is 4.79 Å². The Morgan fingerprint density at radius 1 is 1.05 bits per heavy atom. The molecular weight excluding hydrogens is 273 g/mol. The van der Waals surface area contributed by atoms with Crippen LogP contribution < -0.4 is 10.1 Å². The number of amides is 1. The SMILES string of the molecule is COCCOc1ccc(C(=O)Nc2ccc(F)cc2)cc1. The number of hydrogen-bond donors (Lipinski definition) is 1. The third kappa shape index (κ3) is 4.57. The van der Waals surface area contributed by atoms with Crippen LogP contribution in [0.5, 0.6) is 5.75 Å². The molecule has 2 aromatic carbocycles. The first-order valence-corrected chi connectivity index (χ1v) is 6.48. The molecule has 0 saturated heterocycles. The van der Waals surface area contributed by atoms with E-state index in [-0.39, 0.29) is 11.7 Å². The number of halogens is 1. The minimum atomic E-state index is -0.342. The maximum absolute atomic E-state index is 12.8. The van der Waals surface area contributed by atoms with Gasteiger partial charge < -0.3 is 14.8 Å². The Bertz CT molecular complexity index is 581. The molecule has 2 rings (SSSR count). The number of rotatable bonds is 6. The molecule has 0 atom stereocenters. The highest BCUT2D eigenvalue weighted by Gasteiger charge is 2.06. The van der Waals surface area contributed by atoms with Crippen molar-refractivity contribution in [3.05, 3.63) is 59.9 Å². The highest BCUT2D eigenvalue weighted by Crippen LogP contribution is 2.14. The van der Waals surface area contributed by atoms with Crippen molar-refractivity contribution in [2.24, 2.45) is 0 Å². The van der Waals surface area contributed by atoms with E-state index < -0.39 is 0 Å².